The van der Waals surface area contributed by atoms with E-state index in [1.54, 1.807) is 24.3 Å². The van der Waals surface area contributed by atoms with Crippen LogP contribution in [0.5, 0.6) is 0 Å². The highest BCUT2D eigenvalue weighted by Crippen LogP contribution is 2.43. The molecule has 4 amide bonds. The molecule has 9 nitrogen and oxygen atoms in total. The van der Waals surface area contributed by atoms with Crippen molar-refractivity contribution in [2.75, 3.05) is 30.5 Å². The molecule has 0 radical (unpaired) electrons. The molecule has 1 atom stereocenters. The molecule has 11 heteroatoms. The molecule has 200 valence electrons. The first-order valence-electron chi connectivity index (χ1n) is 12.1. The van der Waals surface area contributed by atoms with Crippen LogP contribution in [0.4, 0.5) is 25.0 Å². The maximum Gasteiger partial charge on any atom is 0.318 e. The number of urea groups is 1. The molecule has 1 spiro atoms. The Morgan fingerprint density at radius 2 is 1.79 bits per heavy atom. The molecule has 0 unspecified atom stereocenters. The number of amides is 4. The van der Waals surface area contributed by atoms with Crippen LogP contribution in [0.2, 0.25) is 0 Å². The van der Waals surface area contributed by atoms with E-state index in [-0.39, 0.29) is 25.4 Å². The van der Waals surface area contributed by atoms with Gasteiger partial charge in [-0.2, -0.15) is 0 Å². The minimum Gasteiger partial charge on any atom is -0.341 e. The summed E-state index contributed by atoms with van der Waals surface area (Å²) >= 11 is 0. The van der Waals surface area contributed by atoms with Crippen molar-refractivity contribution in [3.05, 3.63) is 95.1 Å². The lowest BCUT2D eigenvalue weighted by Crippen LogP contribution is -2.46. The van der Waals surface area contributed by atoms with E-state index in [9.17, 15) is 28.0 Å². The minimum absolute atomic E-state index is 0.00691. The quantitative estimate of drug-likeness (QED) is 0.473. The van der Waals surface area contributed by atoms with Gasteiger partial charge in [0.05, 0.1) is 12.2 Å². The fourth-order valence-corrected chi connectivity index (χ4v) is 4.83. The topological polar surface area (TPSA) is 108 Å². The number of fused-ring (bicyclic) bond motifs is 2. The average molecular weight is 535 g/mol. The Kier molecular flexibility index (Phi) is 6.83. The van der Waals surface area contributed by atoms with Crippen LogP contribution in [0.1, 0.15) is 16.7 Å². The first kappa shape index (κ1) is 26.0. The Morgan fingerprint density at radius 1 is 1.05 bits per heavy atom. The summed E-state index contributed by atoms with van der Waals surface area (Å²) in [6.07, 6.45) is -0.0853. The summed E-state index contributed by atoms with van der Waals surface area (Å²) in [6, 6.07) is 15.4. The number of hydrogen-bond acceptors (Lipinski definition) is 5. The molecule has 0 aromatic heterocycles. The molecule has 3 aromatic carbocycles. The Hall–Kier alpha value is -4.64. The Bertz CT molecular complexity index is 1480. The molecule has 2 aliphatic rings. The van der Waals surface area contributed by atoms with Gasteiger partial charge in [-0.05, 0) is 47.5 Å². The highest BCUT2D eigenvalue weighted by atomic mass is 19.1. The van der Waals surface area contributed by atoms with Gasteiger partial charge in [0.15, 0.2) is 5.78 Å². The summed E-state index contributed by atoms with van der Waals surface area (Å²) in [6.45, 7) is -0.873. The molecule has 1 fully saturated rings. The lowest BCUT2D eigenvalue weighted by Gasteiger charge is -2.26. The van der Waals surface area contributed by atoms with Gasteiger partial charge < -0.3 is 25.2 Å². The predicted octanol–water partition coefficient (Wildman–Crippen LogP) is 3.09. The number of benzene rings is 3. The molecule has 2 N–H and O–H groups in total. The van der Waals surface area contributed by atoms with Gasteiger partial charge in [-0.25, -0.2) is 13.6 Å². The largest absolute Gasteiger partial charge is 0.341 e. The number of para-hydroxylation sites is 1. The number of ether oxygens (including phenoxy) is 1. The zero-order valence-electron chi connectivity index (χ0n) is 20.9. The summed E-state index contributed by atoms with van der Waals surface area (Å²) in [5.74, 6) is -2.89. The number of carbonyl (C=O) groups excluding carboxylic acids is 4. The van der Waals surface area contributed by atoms with Crippen LogP contribution >= 0.6 is 0 Å². The third kappa shape index (κ3) is 4.72. The summed E-state index contributed by atoms with van der Waals surface area (Å²) < 4.78 is 33.9. The van der Waals surface area contributed by atoms with E-state index in [1.807, 2.05) is 0 Å². The van der Waals surface area contributed by atoms with Gasteiger partial charge in [0.2, 0.25) is 11.5 Å². The van der Waals surface area contributed by atoms with Gasteiger partial charge in [-0.1, -0.05) is 30.3 Å². The van der Waals surface area contributed by atoms with E-state index in [4.69, 9.17) is 4.74 Å². The van der Waals surface area contributed by atoms with Crippen LogP contribution in [-0.2, 0) is 37.7 Å². The van der Waals surface area contributed by atoms with Gasteiger partial charge >= 0.3 is 6.03 Å². The standard InChI is InChI=1S/C28H24F2N4O5/c1-31-27(38)32-20-10-11-21-18(12-20)13-24(35)28(21)26(37)33(16-39-28)15-25(36)34(23-5-3-2-4-22(23)30)14-17-6-8-19(29)9-7-17/h2-12H,13-16H2,1H3,(H2,31,32,38)/t28-/m1/s1. The van der Waals surface area contributed by atoms with Crippen LogP contribution in [-0.4, -0.2) is 48.9 Å². The van der Waals surface area contributed by atoms with E-state index in [1.165, 1.54) is 54.4 Å². The lowest BCUT2D eigenvalue weighted by atomic mass is 9.94. The molecule has 1 aliphatic carbocycles. The molecule has 1 heterocycles. The zero-order valence-corrected chi connectivity index (χ0v) is 20.9. The van der Waals surface area contributed by atoms with Crippen LogP contribution in [0.25, 0.3) is 0 Å². The van der Waals surface area contributed by atoms with Crippen LogP contribution < -0.4 is 15.5 Å². The Morgan fingerprint density at radius 3 is 2.51 bits per heavy atom. The first-order chi connectivity index (χ1) is 18.7. The fraction of sp³-hybridized carbons (Fsp3) is 0.214. The van der Waals surface area contributed by atoms with Crippen molar-refractivity contribution in [3.8, 4) is 0 Å². The molecule has 5 rings (SSSR count). The maximum absolute atomic E-state index is 14.7. The van der Waals surface area contributed by atoms with E-state index in [2.05, 4.69) is 10.6 Å². The number of hydrogen-bond donors (Lipinski definition) is 2. The number of carbonyl (C=O) groups is 4. The maximum atomic E-state index is 14.7. The first-order valence-corrected chi connectivity index (χ1v) is 12.1. The number of ketones is 1. The zero-order chi connectivity index (χ0) is 27.7. The molecule has 0 bridgehead atoms. The van der Waals surface area contributed by atoms with Gasteiger partial charge in [-0.3, -0.25) is 14.4 Å². The Balaban J connectivity index is 1.39. The molecule has 1 aliphatic heterocycles. The highest BCUT2D eigenvalue weighted by molar-refractivity contribution is 6.15. The second-order valence-electron chi connectivity index (χ2n) is 9.19. The summed E-state index contributed by atoms with van der Waals surface area (Å²) in [7, 11) is 1.47. The third-order valence-corrected chi connectivity index (χ3v) is 6.76. The highest BCUT2D eigenvalue weighted by Gasteiger charge is 2.59. The molecule has 1 saturated heterocycles. The Labute approximate surface area is 222 Å². The number of anilines is 2. The van der Waals surface area contributed by atoms with E-state index in [0.717, 1.165) is 4.90 Å². The van der Waals surface area contributed by atoms with Gasteiger partial charge in [0, 0.05) is 24.7 Å². The van der Waals surface area contributed by atoms with Crippen molar-refractivity contribution >= 4 is 35.0 Å². The minimum atomic E-state index is -1.89. The van der Waals surface area contributed by atoms with E-state index in [0.29, 0.717) is 22.4 Å². The second kappa shape index (κ2) is 10.3. The summed E-state index contributed by atoms with van der Waals surface area (Å²) in [4.78, 5) is 54.1. The number of nitrogens with zero attached hydrogens (tertiary/aromatic N) is 2. The molecular weight excluding hydrogens is 510 g/mol. The van der Waals surface area contributed by atoms with E-state index >= 15 is 0 Å². The van der Waals surface area contributed by atoms with Crippen molar-refractivity contribution in [3.63, 3.8) is 0 Å². The average Bonchev–Trinajstić information content (AvgIpc) is 3.40. The van der Waals surface area contributed by atoms with Crippen molar-refractivity contribution in [2.24, 2.45) is 0 Å². The third-order valence-electron chi connectivity index (χ3n) is 6.76. The second-order valence-corrected chi connectivity index (χ2v) is 9.19. The fourth-order valence-electron chi connectivity index (χ4n) is 4.83. The normalized spacial score (nSPS) is 17.9. The molecular formula is C28H24F2N4O5. The summed E-state index contributed by atoms with van der Waals surface area (Å²) in [5.41, 5.74) is -0.0215. The monoisotopic (exact) mass is 534 g/mol. The molecule has 39 heavy (non-hydrogen) atoms. The van der Waals surface area contributed by atoms with Crippen molar-refractivity contribution in [1.82, 2.24) is 10.2 Å². The molecule has 3 aromatic rings. The van der Waals surface area contributed by atoms with Gasteiger partial charge in [0.1, 0.15) is 24.9 Å². The van der Waals surface area contributed by atoms with Gasteiger partial charge in [0.25, 0.3) is 5.91 Å². The van der Waals surface area contributed by atoms with Crippen LogP contribution in [0.3, 0.4) is 0 Å². The SMILES string of the molecule is CNC(=O)Nc1ccc2c(c1)CC(=O)[C@]21OCN(CC(=O)N(Cc2ccc(F)cc2)c2ccccc2F)C1=O. The lowest BCUT2D eigenvalue weighted by molar-refractivity contribution is -0.149. The smallest absolute Gasteiger partial charge is 0.318 e. The number of Topliss-reactive ketones (excluding diaryl/α,β-unsaturated/α-hetero) is 1. The predicted molar refractivity (Wildman–Crippen MR) is 137 cm³/mol. The van der Waals surface area contributed by atoms with Crippen molar-refractivity contribution in [1.29, 1.82) is 0 Å². The molecule has 0 saturated carbocycles. The van der Waals surface area contributed by atoms with Crippen molar-refractivity contribution < 1.29 is 32.7 Å². The number of nitrogens with one attached hydrogen (secondary N) is 2. The number of halogens is 2. The van der Waals surface area contributed by atoms with Crippen LogP contribution in [0.15, 0.2) is 66.7 Å². The summed E-state index contributed by atoms with van der Waals surface area (Å²) in [5, 5.41) is 5.05. The number of rotatable bonds is 6. The van der Waals surface area contributed by atoms with Crippen LogP contribution in [0, 0.1) is 11.6 Å². The van der Waals surface area contributed by atoms with E-state index < -0.39 is 47.4 Å². The van der Waals surface area contributed by atoms with Crippen molar-refractivity contribution in [2.45, 2.75) is 18.6 Å². The van der Waals surface area contributed by atoms with Gasteiger partial charge in [-0.15, -0.1) is 0 Å².